The smallest absolute Gasteiger partial charge is 0.149 e. The predicted octanol–water partition coefficient (Wildman–Crippen LogP) is 3.13. The molecular weight excluding hydrogens is 228 g/mol. The van der Waals surface area contributed by atoms with E-state index >= 15 is 0 Å². The van der Waals surface area contributed by atoms with E-state index < -0.39 is 0 Å². The van der Waals surface area contributed by atoms with Crippen LogP contribution in [-0.4, -0.2) is 11.2 Å². The second-order valence-corrected chi connectivity index (χ2v) is 4.89. The number of halogens is 1. The van der Waals surface area contributed by atoms with Crippen LogP contribution in [0.2, 0.25) is 5.02 Å². The van der Waals surface area contributed by atoms with E-state index in [1.807, 2.05) is 37.3 Å². The van der Waals surface area contributed by atoms with Crippen LogP contribution in [0, 0.1) is 0 Å². The highest BCUT2D eigenvalue weighted by atomic mass is 35.5. The second-order valence-electron chi connectivity index (χ2n) is 3.29. The van der Waals surface area contributed by atoms with Crippen molar-refractivity contribution in [3.05, 3.63) is 40.9 Å². The number of aliphatic imine (C=N–C) groups is 1. The van der Waals surface area contributed by atoms with Gasteiger partial charge in [0.25, 0.3) is 0 Å². The number of hydrogen-bond donors (Lipinski definition) is 1. The normalized spacial score (nSPS) is 20.9. The van der Waals surface area contributed by atoms with Gasteiger partial charge in [0.15, 0.2) is 0 Å². The SMILES string of the molecule is CC1=NC(N)SC(c2ccc(Cl)cc2)=C1. The van der Waals surface area contributed by atoms with Gasteiger partial charge in [-0.25, -0.2) is 0 Å². The zero-order valence-corrected chi connectivity index (χ0v) is 9.85. The van der Waals surface area contributed by atoms with Crippen LogP contribution in [0.1, 0.15) is 12.5 Å². The summed E-state index contributed by atoms with van der Waals surface area (Å²) in [5.41, 5.74) is 7.70. The first-order chi connectivity index (χ1) is 7.15. The van der Waals surface area contributed by atoms with Crippen LogP contribution in [-0.2, 0) is 0 Å². The highest BCUT2D eigenvalue weighted by Gasteiger charge is 2.12. The third-order valence-corrected chi connectivity index (χ3v) is 3.25. The van der Waals surface area contributed by atoms with Crippen LogP contribution in [0.3, 0.4) is 0 Å². The first kappa shape index (κ1) is 10.7. The molecule has 4 heteroatoms. The van der Waals surface area contributed by atoms with E-state index in [0.717, 1.165) is 21.2 Å². The lowest BCUT2D eigenvalue weighted by Crippen LogP contribution is -2.16. The monoisotopic (exact) mass is 238 g/mol. The van der Waals surface area contributed by atoms with E-state index in [2.05, 4.69) is 4.99 Å². The van der Waals surface area contributed by atoms with E-state index in [1.165, 1.54) is 0 Å². The van der Waals surface area contributed by atoms with E-state index in [-0.39, 0.29) is 5.50 Å². The molecule has 2 nitrogen and oxygen atoms in total. The molecule has 0 aromatic heterocycles. The van der Waals surface area contributed by atoms with Crippen LogP contribution >= 0.6 is 23.4 Å². The van der Waals surface area contributed by atoms with E-state index in [1.54, 1.807) is 11.8 Å². The van der Waals surface area contributed by atoms with Gasteiger partial charge in [-0.3, -0.25) is 4.99 Å². The Morgan fingerprint density at radius 2 is 2.00 bits per heavy atom. The van der Waals surface area contributed by atoms with Gasteiger partial charge in [0, 0.05) is 15.6 Å². The van der Waals surface area contributed by atoms with Gasteiger partial charge in [-0.15, -0.1) is 0 Å². The molecule has 1 aliphatic heterocycles. The highest BCUT2D eigenvalue weighted by molar-refractivity contribution is 8.08. The number of allylic oxidation sites excluding steroid dienone is 1. The molecule has 1 heterocycles. The average Bonchev–Trinajstić information content (AvgIpc) is 2.17. The Balaban J connectivity index is 2.32. The maximum Gasteiger partial charge on any atom is 0.149 e. The van der Waals surface area contributed by atoms with Gasteiger partial charge in [-0.2, -0.15) is 0 Å². The fourth-order valence-electron chi connectivity index (χ4n) is 1.38. The first-order valence-corrected chi connectivity index (χ1v) is 5.85. The molecule has 0 saturated carbocycles. The van der Waals surface area contributed by atoms with Crippen molar-refractivity contribution >= 4 is 34.0 Å². The molecule has 2 N–H and O–H groups in total. The minimum atomic E-state index is -0.194. The molecule has 1 aromatic carbocycles. The lowest BCUT2D eigenvalue weighted by atomic mass is 10.2. The van der Waals surface area contributed by atoms with Crippen molar-refractivity contribution in [1.29, 1.82) is 0 Å². The fourth-order valence-corrected chi connectivity index (χ4v) is 2.50. The van der Waals surface area contributed by atoms with Crippen molar-refractivity contribution in [2.24, 2.45) is 10.7 Å². The largest absolute Gasteiger partial charge is 0.301 e. The molecule has 1 aliphatic rings. The van der Waals surface area contributed by atoms with E-state index in [9.17, 15) is 0 Å². The van der Waals surface area contributed by atoms with Crippen LogP contribution in [0.25, 0.3) is 4.91 Å². The van der Waals surface area contributed by atoms with Gasteiger partial charge in [0.2, 0.25) is 0 Å². The van der Waals surface area contributed by atoms with Gasteiger partial charge >= 0.3 is 0 Å². The summed E-state index contributed by atoms with van der Waals surface area (Å²) in [6.07, 6.45) is 2.04. The number of thioether (sulfide) groups is 1. The van der Waals surface area contributed by atoms with Crippen molar-refractivity contribution in [2.75, 3.05) is 0 Å². The molecular formula is C11H11ClN2S. The molecule has 0 spiro atoms. The number of nitrogens with zero attached hydrogens (tertiary/aromatic N) is 1. The summed E-state index contributed by atoms with van der Waals surface area (Å²) in [6, 6.07) is 7.74. The van der Waals surface area contributed by atoms with Crippen molar-refractivity contribution in [2.45, 2.75) is 12.4 Å². The molecule has 1 unspecified atom stereocenters. The second kappa shape index (κ2) is 4.39. The summed E-state index contributed by atoms with van der Waals surface area (Å²) in [5.74, 6) is 0. The average molecular weight is 239 g/mol. The van der Waals surface area contributed by atoms with Gasteiger partial charge in [-0.1, -0.05) is 35.5 Å². The molecule has 1 aromatic rings. The summed E-state index contributed by atoms with van der Waals surface area (Å²) < 4.78 is 0. The Morgan fingerprint density at radius 1 is 1.33 bits per heavy atom. The summed E-state index contributed by atoms with van der Waals surface area (Å²) in [7, 11) is 0. The van der Waals surface area contributed by atoms with Gasteiger partial charge in [-0.05, 0) is 30.7 Å². The summed E-state index contributed by atoms with van der Waals surface area (Å²) >= 11 is 7.39. The van der Waals surface area contributed by atoms with E-state index in [0.29, 0.717) is 0 Å². The standard InChI is InChI=1S/C11H11ClN2S/c1-7-6-10(15-11(13)14-7)8-2-4-9(12)5-3-8/h2-6,11H,13H2,1H3. The van der Waals surface area contributed by atoms with Crippen molar-refractivity contribution < 1.29 is 0 Å². The van der Waals surface area contributed by atoms with Crippen LogP contribution < -0.4 is 5.73 Å². The van der Waals surface area contributed by atoms with E-state index in [4.69, 9.17) is 17.3 Å². The maximum absolute atomic E-state index is 5.83. The summed E-state index contributed by atoms with van der Waals surface area (Å²) in [4.78, 5) is 5.38. The third-order valence-electron chi connectivity index (χ3n) is 2.05. The number of benzene rings is 1. The fraction of sp³-hybridized carbons (Fsp3) is 0.182. The van der Waals surface area contributed by atoms with Gasteiger partial charge < -0.3 is 5.73 Å². The lowest BCUT2D eigenvalue weighted by Gasteiger charge is -2.16. The Labute approximate surface area is 98.2 Å². The molecule has 0 radical (unpaired) electrons. The maximum atomic E-state index is 5.83. The topological polar surface area (TPSA) is 38.4 Å². The van der Waals surface area contributed by atoms with Crippen molar-refractivity contribution in [1.82, 2.24) is 0 Å². The first-order valence-electron chi connectivity index (χ1n) is 4.59. The number of rotatable bonds is 1. The van der Waals surface area contributed by atoms with Crippen LogP contribution in [0.4, 0.5) is 0 Å². The van der Waals surface area contributed by atoms with Crippen LogP contribution in [0.5, 0.6) is 0 Å². The summed E-state index contributed by atoms with van der Waals surface area (Å²) in [5, 5.41) is 0.745. The zero-order chi connectivity index (χ0) is 10.8. The predicted molar refractivity (Wildman–Crippen MR) is 68.1 cm³/mol. The minimum Gasteiger partial charge on any atom is -0.301 e. The summed E-state index contributed by atoms with van der Waals surface area (Å²) in [6.45, 7) is 1.95. The Hall–Kier alpha value is -0.770. The molecule has 15 heavy (non-hydrogen) atoms. The number of nitrogens with two attached hydrogens (primary N) is 1. The molecule has 2 rings (SSSR count). The molecule has 78 valence electrons. The van der Waals surface area contributed by atoms with Gasteiger partial charge in [0.1, 0.15) is 5.50 Å². The van der Waals surface area contributed by atoms with Crippen LogP contribution in [0.15, 0.2) is 35.3 Å². The molecule has 0 bridgehead atoms. The molecule has 1 atom stereocenters. The van der Waals surface area contributed by atoms with Gasteiger partial charge in [0.05, 0.1) is 0 Å². The molecule has 0 amide bonds. The highest BCUT2D eigenvalue weighted by Crippen LogP contribution is 2.33. The minimum absolute atomic E-state index is 0.194. The lowest BCUT2D eigenvalue weighted by molar-refractivity contribution is 0.990. The van der Waals surface area contributed by atoms with Crippen molar-refractivity contribution in [3.63, 3.8) is 0 Å². The molecule has 0 fully saturated rings. The Bertz CT molecular complexity index is 423. The Kier molecular flexibility index (Phi) is 3.14. The zero-order valence-electron chi connectivity index (χ0n) is 8.27. The molecule has 0 aliphatic carbocycles. The Morgan fingerprint density at radius 3 is 2.60 bits per heavy atom. The third kappa shape index (κ3) is 2.62. The molecule has 0 saturated heterocycles. The van der Waals surface area contributed by atoms with Crippen molar-refractivity contribution in [3.8, 4) is 0 Å². The quantitative estimate of drug-likeness (QED) is 0.817. The number of hydrogen-bond acceptors (Lipinski definition) is 3.